The number of hydrogen-bond acceptors (Lipinski definition) is 7. The molecule has 3 aromatic rings. The van der Waals surface area contributed by atoms with Crippen LogP contribution in [-0.4, -0.2) is 83.4 Å². The van der Waals surface area contributed by atoms with Crippen molar-refractivity contribution in [3.63, 3.8) is 0 Å². The quantitative estimate of drug-likeness (QED) is 0.345. The van der Waals surface area contributed by atoms with Crippen molar-refractivity contribution < 1.29 is 23.5 Å². The van der Waals surface area contributed by atoms with E-state index in [0.29, 0.717) is 42.1 Å². The van der Waals surface area contributed by atoms with E-state index in [4.69, 9.17) is 9.47 Å². The molecule has 0 aliphatic carbocycles. The Labute approximate surface area is 263 Å². The number of likely N-dealkylation sites (tertiary alicyclic amines) is 1. The number of rotatable bonds is 9. The van der Waals surface area contributed by atoms with Crippen molar-refractivity contribution in [1.29, 1.82) is 0 Å². The number of carbonyl (C=O) groups is 2. The first-order chi connectivity index (χ1) is 21.8. The highest BCUT2D eigenvalue weighted by Crippen LogP contribution is 2.31. The normalized spacial score (nSPS) is 18.3. The highest BCUT2D eigenvalue weighted by atomic mass is 19.1. The van der Waals surface area contributed by atoms with E-state index in [1.165, 1.54) is 12.1 Å². The van der Waals surface area contributed by atoms with Gasteiger partial charge >= 0.3 is 6.03 Å². The van der Waals surface area contributed by atoms with Crippen LogP contribution in [0.15, 0.2) is 48.5 Å². The lowest BCUT2D eigenvalue weighted by molar-refractivity contribution is 0.0238. The molecule has 0 radical (unpaired) electrons. The molecule has 238 valence electrons. The number of urea groups is 1. The number of halogens is 1. The lowest BCUT2D eigenvalue weighted by Crippen LogP contribution is -2.49. The Morgan fingerprint density at radius 1 is 1.04 bits per heavy atom. The molecule has 11 heteroatoms. The van der Waals surface area contributed by atoms with Gasteiger partial charge in [-0.3, -0.25) is 4.79 Å². The lowest BCUT2D eigenvalue weighted by Gasteiger charge is -2.39. The molecule has 6 rings (SSSR count). The molecule has 1 aromatic heterocycles. The molecular formula is C34H41FN6O4. The molecule has 2 aromatic carbocycles. The van der Waals surface area contributed by atoms with E-state index in [2.05, 4.69) is 39.6 Å². The van der Waals surface area contributed by atoms with Crippen molar-refractivity contribution in [3.8, 4) is 22.8 Å². The second kappa shape index (κ2) is 13.9. The van der Waals surface area contributed by atoms with Crippen LogP contribution < -0.4 is 15.4 Å². The van der Waals surface area contributed by atoms with Crippen molar-refractivity contribution in [2.75, 3.05) is 39.4 Å². The summed E-state index contributed by atoms with van der Waals surface area (Å²) < 4.78 is 27.3. The third-order valence-corrected chi connectivity index (χ3v) is 8.93. The minimum absolute atomic E-state index is 0.0319. The van der Waals surface area contributed by atoms with E-state index in [1.54, 1.807) is 17.0 Å². The molecule has 2 N–H and O–H groups in total. The Bertz CT molecular complexity index is 1490. The molecule has 3 aliphatic heterocycles. The topological polar surface area (TPSA) is 109 Å². The fourth-order valence-electron chi connectivity index (χ4n) is 6.20. The van der Waals surface area contributed by atoms with E-state index < -0.39 is 11.7 Å². The van der Waals surface area contributed by atoms with Gasteiger partial charge < -0.3 is 29.9 Å². The first-order valence-electron chi connectivity index (χ1n) is 15.9. The molecule has 3 fully saturated rings. The number of carbonyl (C=O) groups excluding carboxylic acids is 2. The number of nitrogens with zero attached hydrogens (tertiary/aromatic N) is 4. The SMILES string of the molecule is CC(C)c1ccc(-c2ccc(Oc3cc(C(=O)NC4CCN(C5CCOCC5)CC4)c(F)cc3CN3CCNC3=O)cc2)nn1. The van der Waals surface area contributed by atoms with Crippen molar-refractivity contribution in [2.24, 2.45) is 0 Å². The monoisotopic (exact) mass is 616 g/mol. The summed E-state index contributed by atoms with van der Waals surface area (Å²) in [5.74, 6) is 0.0143. The van der Waals surface area contributed by atoms with Gasteiger partial charge in [-0.2, -0.15) is 10.2 Å². The summed E-state index contributed by atoms with van der Waals surface area (Å²) in [6.07, 6.45) is 3.71. The molecular weight excluding hydrogens is 575 g/mol. The van der Waals surface area contributed by atoms with Crippen molar-refractivity contribution in [3.05, 3.63) is 71.2 Å². The third-order valence-electron chi connectivity index (χ3n) is 8.93. The molecule has 3 aliphatic rings. The molecule has 0 bridgehead atoms. The Morgan fingerprint density at radius 2 is 1.80 bits per heavy atom. The number of nitrogens with one attached hydrogen (secondary N) is 2. The molecule has 10 nitrogen and oxygen atoms in total. The van der Waals surface area contributed by atoms with Gasteiger partial charge in [-0.15, -0.1) is 0 Å². The summed E-state index contributed by atoms with van der Waals surface area (Å²) in [6.45, 7) is 8.71. The number of benzene rings is 2. The summed E-state index contributed by atoms with van der Waals surface area (Å²) >= 11 is 0. The molecule has 3 saturated heterocycles. The van der Waals surface area contributed by atoms with Gasteiger partial charge in [0.2, 0.25) is 0 Å². The maximum Gasteiger partial charge on any atom is 0.317 e. The number of hydrogen-bond donors (Lipinski definition) is 2. The number of aromatic nitrogens is 2. The first-order valence-corrected chi connectivity index (χ1v) is 15.9. The summed E-state index contributed by atoms with van der Waals surface area (Å²) in [7, 11) is 0. The molecule has 0 saturated carbocycles. The summed E-state index contributed by atoms with van der Waals surface area (Å²) in [6, 6.07) is 14.3. The predicted molar refractivity (Wildman–Crippen MR) is 168 cm³/mol. The highest BCUT2D eigenvalue weighted by molar-refractivity contribution is 5.95. The fraction of sp³-hybridized carbons (Fsp3) is 0.471. The van der Waals surface area contributed by atoms with Crippen LogP contribution in [0.25, 0.3) is 11.3 Å². The molecule has 0 atom stereocenters. The fourth-order valence-corrected chi connectivity index (χ4v) is 6.20. The Morgan fingerprint density at radius 3 is 2.44 bits per heavy atom. The van der Waals surface area contributed by atoms with Gasteiger partial charge in [0.1, 0.15) is 17.3 Å². The Kier molecular flexibility index (Phi) is 9.56. The Balaban J connectivity index is 1.17. The maximum absolute atomic E-state index is 15.5. The molecule has 45 heavy (non-hydrogen) atoms. The zero-order chi connectivity index (χ0) is 31.3. The molecule has 3 amide bonds. The van der Waals surface area contributed by atoms with Gasteiger partial charge in [0.25, 0.3) is 5.91 Å². The summed E-state index contributed by atoms with van der Waals surface area (Å²) in [4.78, 5) is 29.7. The van der Waals surface area contributed by atoms with Crippen LogP contribution >= 0.6 is 0 Å². The third kappa shape index (κ3) is 7.42. The van der Waals surface area contributed by atoms with Crippen LogP contribution in [0.5, 0.6) is 11.5 Å². The van der Waals surface area contributed by atoms with E-state index in [0.717, 1.165) is 68.9 Å². The molecule has 4 heterocycles. The minimum Gasteiger partial charge on any atom is -0.457 e. The van der Waals surface area contributed by atoms with E-state index in [9.17, 15) is 9.59 Å². The van der Waals surface area contributed by atoms with Gasteiger partial charge in [-0.1, -0.05) is 13.8 Å². The van der Waals surface area contributed by atoms with E-state index >= 15 is 4.39 Å². The summed E-state index contributed by atoms with van der Waals surface area (Å²) in [5.41, 5.74) is 2.94. The van der Waals surface area contributed by atoms with Gasteiger partial charge in [0, 0.05) is 62.6 Å². The average Bonchev–Trinajstić information content (AvgIpc) is 3.47. The number of amides is 3. The highest BCUT2D eigenvalue weighted by Gasteiger charge is 2.29. The van der Waals surface area contributed by atoms with E-state index in [1.807, 2.05) is 24.3 Å². The second-order valence-corrected chi connectivity index (χ2v) is 12.3. The first kappa shape index (κ1) is 30.9. The predicted octanol–water partition coefficient (Wildman–Crippen LogP) is 5.10. The van der Waals surface area contributed by atoms with Gasteiger partial charge in [0.05, 0.1) is 23.5 Å². The Hall–Kier alpha value is -4.09. The van der Waals surface area contributed by atoms with Crippen molar-refractivity contribution in [2.45, 2.75) is 64.1 Å². The zero-order valence-electron chi connectivity index (χ0n) is 25.9. The smallest absolute Gasteiger partial charge is 0.317 e. The largest absolute Gasteiger partial charge is 0.457 e. The minimum atomic E-state index is -0.645. The zero-order valence-corrected chi connectivity index (χ0v) is 25.9. The maximum atomic E-state index is 15.5. The van der Waals surface area contributed by atoms with E-state index in [-0.39, 0.29) is 24.2 Å². The van der Waals surface area contributed by atoms with Crippen LogP contribution in [0.4, 0.5) is 9.18 Å². The lowest BCUT2D eigenvalue weighted by atomic mass is 9.99. The van der Waals surface area contributed by atoms with Crippen LogP contribution in [0.2, 0.25) is 0 Å². The summed E-state index contributed by atoms with van der Waals surface area (Å²) in [5, 5.41) is 14.5. The standard InChI is InChI=1S/C34H41FN6O4/c1-22(2)30-7-8-31(39-38-30)23-3-5-27(6-4-23)45-32-20-28(29(35)19-24(32)21-41-16-13-36-34(41)43)33(42)37-25-9-14-40(15-10-25)26-11-17-44-18-12-26/h3-8,19-20,22,25-26H,9-18,21H2,1-2H3,(H,36,43)(H,37,42). The van der Waals surface area contributed by atoms with Crippen LogP contribution in [0, 0.1) is 5.82 Å². The van der Waals surface area contributed by atoms with Crippen molar-refractivity contribution in [1.82, 2.24) is 30.6 Å². The van der Waals surface area contributed by atoms with Gasteiger partial charge in [-0.25, -0.2) is 9.18 Å². The molecule has 0 unspecified atom stereocenters. The van der Waals surface area contributed by atoms with Gasteiger partial charge in [-0.05, 0) is 80.1 Å². The van der Waals surface area contributed by atoms with Crippen LogP contribution in [0.1, 0.15) is 67.1 Å². The van der Waals surface area contributed by atoms with Crippen molar-refractivity contribution >= 4 is 11.9 Å². The average molecular weight is 617 g/mol. The molecule has 0 spiro atoms. The second-order valence-electron chi connectivity index (χ2n) is 12.3. The number of ether oxygens (including phenoxy) is 2. The van der Waals surface area contributed by atoms with Gasteiger partial charge in [0.15, 0.2) is 0 Å². The van der Waals surface area contributed by atoms with Crippen LogP contribution in [-0.2, 0) is 11.3 Å². The number of piperidine rings is 1. The van der Waals surface area contributed by atoms with Crippen LogP contribution in [0.3, 0.4) is 0 Å².